The molecule has 0 spiro atoms. The molecule has 0 aliphatic rings. The summed E-state index contributed by atoms with van der Waals surface area (Å²) in [4.78, 5) is 28.2. The first kappa shape index (κ1) is 18.3. The molecule has 136 valence electrons. The van der Waals surface area contributed by atoms with Gasteiger partial charge < -0.3 is 10.6 Å². The van der Waals surface area contributed by atoms with Gasteiger partial charge in [-0.05, 0) is 54.4 Å². The molecule has 2 amide bonds. The van der Waals surface area contributed by atoms with Crippen molar-refractivity contribution in [1.29, 1.82) is 0 Å². The van der Waals surface area contributed by atoms with E-state index < -0.39 is 0 Å². The van der Waals surface area contributed by atoms with Crippen LogP contribution in [-0.4, -0.2) is 16.8 Å². The van der Waals surface area contributed by atoms with Crippen LogP contribution in [0.5, 0.6) is 0 Å². The van der Waals surface area contributed by atoms with Gasteiger partial charge in [0.1, 0.15) is 5.82 Å². The van der Waals surface area contributed by atoms with Gasteiger partial charge in [-0.1, -0.05) is 18.2 Å². The molecule has 0 atom stereocenters. The highest BCUT2D eigenvalue weighted by atomic mass is 19.1. The minimum Gasteiger partial charge on any atom is -0.326 e. The quantitative estimate of drug-likeness (QED) is 0.694. The number of nitrogens with one attached hydrogen (secondary N) is 2. The topological polar surface area (TPSA) is 71.1 Å². The van der Waals surface area contributed by atoms with Gasteiger partial charge in [-0.25, -0.2) is 4.39 Å². The molecule has 3 aromatic rings. The fourth-order valence-corrected chi connectivity index (χ4v) is 2.52. The molecule has 0 aliphatic carbocycles. The van der Waals surface area contributed by atoms with E-state index in [4.69, 9.17) is 0 Å². The van der Waals surface area contributed by atoms with Crippen molar-refractivity contribution in [3.8, 4) is 0 Å². The minimum absolute atomic E-state index is 0.171. The number of hydrogen-bond acceptors (Lipinski definition) is 3. The molecule has 2 aromatic carbocycles. The first-order valence-corrected chi connectivity index (χ1v) is 8.46. The van der Waals surface area contributed by atoms with E-state index in [-0.39, 0.29) is 24.1 Å². The number of benzene rings is 2. The summed E-state index contributed by atoms with van der Waals surface area (Å²) in [6.07, 6.45) is 3.68. The summed E-state index contributed by atoms with van der Waals surface area (Å²) in [5, 5.41) is 5.48. The van der Waals surface area contributed by atoms with E-state index in [1.54, 1.807) is 67.0 Å². The van der Waals surface area contributed by atoms with Crippen molar-refractivity contribution in [2.75, 3.05) is 10.6 Å². The predicted molar refractivity (Wildman–Crippen MR) is 102 cm³/mol. The van der Waals surface area contributed by atoms with Crippen molar-refractivity contribution in [3.63, 3.8) is 0 Å². The monoisotopic (exact) mass is 363 g/mol. The lowest BCUT2D eigenvalue weighted by Crippen LogP contribution is -2.14. The number of nitrogens with zero attached hydrogens (tertiary/aromatic N) is 1. The molecule has 0 radical (unpaired) electrons. The van der Waals surface area contributed by atoms with Crippen molar-refractivity contribution in [3.05, 3.63) is 90.0 Å². The molecule has 0 bridgehead atoms. The second kappa shape index (κ2) is 8.71. The summed E-state index contributed by atoms with van der Waals surface area (Å²) in [5.41, 5.74) is 2.15. The number of rotatable bonds is 6. The van der Waals surface area contributed by atoms with Crippen molar-refractivity contribution >= 4 is 23.2 Å². The highest BCUT2D eigenvalue weighted by Gasteiger charge is 2.08. The van der Waals surface area contributed by atoms with Gasteiger partial charge in [0.25, 0.3) is 5.91 Å². The Balaban J connectivity index is 1.53. The van der Waals surface area contributed by atoms with Crippen molar-refractivity contribution in [2.24, 2.45) is 0 Å². The Kier molecular flexibility index (Phi) is 5.89. The molecular weight excluding hydrogens is 345 g/mol. The van der Waals surface area contributed by atoms with Crippen LogP contribution in [0.25, 0.3) is 0 Å². The number of anilines is 2. The molecule has 0 saturated carbocycles. The van der Waals surface area contributed by atoms with E-state index in [9.17, 15) is 14.0 Å². The van der Waals surface area contributed by atoms with E-state index in [2.05, 4.69) is 15.6 Å². The highest BCUT2D eigenvalue weighted by molar-refractivity contribution is 6.04. The Morgan fingerprint density at radius 1 is 0.889 bits per heavy atom. The number of pyridine rings is 1. The van der Waals surface area contributed by atoms with Gasteiger partial charge in [-0.2, -0.15) is 0 Å². The lowest BCUT2D eigenvalue weighted by molar-refractivity contribution is -0.116. The third-order valence-electron chi connectivity index (χ3n) is 3.93. The first-order valence-electron chi connectivity index (χ1n) is 8.46. The van der Waals surface area contributed by atoms with Crippen molar-refractivity contribution in [2.45, 2.75) is 12.8 Å². The average molecular weight is 363 g/mol. The third kappa shape index (κ3) is 5.22. The van der Waals surface area contributed by atoms with Gasteiger partial charge in [0.05, 0.1) is 11.9 Å². The zero-order valence-electron chi connectivity index (χ0n) is 14.5. The van der Waals surface area contributed by atoms with Gasteiger partial charge in [0, 0.05) is 23.9 Å². The van der Waals surface area contributed by atoms with Gasteiger partial charge >= 0.3 is 0 Å². The zero-order chi connectivity index (χ0) is 19.1. The highest BCUT2D eigenvalue weighted by Crippen LogP contribution is 2.14. The van der Waals surface area contributed by atoms with Crippen molar-refractivity contribution in [1.82, 2.24) is 4.98 Å². The Morgan fingerprint density at radius 3 is 2.37 bits per heavy atom. The van der Waals surface area contributed by atoms with Crippen LogP contribution in [0.4, 0.5) is 15.8 Å². The largest absolute Gasteiger partial charge is 0.326 e. The molecule has 0 aliphatic heterocycles. The smallest absolute Gasteiger partial charge is 0.255 e. The predicted octanol–water partition coefficient (Wildman–Crippen LogP) is 4.04. The molecule has 0 unspecified atom stereocenters. The van der Waals surface area contributed by atoms with E-state index in [1.165, 1.54) is 6.07 Å². The van der Waals surface area contributed by atoms with Crippen LogP contribution in [0.3, 0.4) is 0 Å². The fourth-order valence-electron chi connectivity index (χ4n) is 2.52. The maximum absolute atomic E-state index is 13.6. The van der Waals surface area contributed by atoms with Gasteiger partial charge in [0.2, 0.25) is 5.91 Å². The summed E-state index contributed by atoms with van der Waals surface area (Å²) in [5.74, 6) is -0.791. The van der Waals surface area contributed by atoms with E-state index in [0.717, 1.165) is 0 Å². The number of carbonyl (C=O) groups is 2. The molecule has 1 aromatic heterocycles. The normalized spacial score (nSPS) is 10.3. The molecule has 1 heterocycles. The molecule has 2 N–H and O–H groups in total. The summed E-state index contributed by atoms with van der Waals surface area (Å²) < 4.78 is 13.6. The summed E-state index contributed by atoms with van der Waals surface area (Å²) in [7, 11) is 0. The van der Waals surface area contributed by atoms with E-state index in [1.807, 2.05) is 0 Å². The second-order valence-electron chi connectivity index (χ2n) is 5.91. The molecule has 0 fully saturated rings. The number of aromatic nitrogens is 1. The summed E-state index contributed by atoms with van der Waals surface area (Å²) in [6.45, 7) is 0. The molecule has 6 heteroatoms. The lowest BCUT2D eigenvalue weighted by Gasteiger charge is -2.08. The van der Waals surface area contributed by atoms with E-state index >= 15 is 0 Å². The maximum Gasteiger partial charge on any atom is 0.255 e. The van der Waals surface area contributed by atoms with Crippen LogP contribution in [0.2, 0.25) is 0 Å². The molecule has 5 nitrogen and oxygen atoms in total. The Bertz CT molecular complexity index is 928. The van der Waals surface area contributed by atoms with Gasteiger partial charge in [0.15, 0.2) is 0 Å². The molecule has 0 saturated heterocycles. The maximum atomic E-state index is 13.6. The molecule has 27 heavy (non-hydrogen) atoms. The number of carbonyl (C=O) groups excluding carboxylic acids is 2. The SMILES string of the molecule is O=C(CCc1ccccc1F)Nc1ccc(C(=O)Nc2cccnc2)cc1. The standard InChI is InChI=1S/C21H18FN3O2/c22-19-6-2-1-4-15(19)9-12-20(26)24-17-10-7-16(8-11-17)21(27)25-18-5-3-13-23-14-18/h1-8,10-11,13-14H,9,12H2,(H,24,26)(H,25,27). The van der Waals surface area contributed by atoms with Crippen LogP contribution < -0.4 is 10.6 Å². The van der Waals surface area contributed by atoms with E-state index in [0.29, 0.717) is 28.9 Å². The summed E-state index contributed by atoms with van der Waals surface area (Å²) >= 11 is 0. The van der Waals surface area contributed by atoms with Crippen LogP contribution in [-0.2, 0) is 11.2 Å². The number of hydrogen-bond donors (Lipinski definition) is 2. The van der Waals surface area contributed by atoms with Gasteiger partial charge in [-0.15, -0.1) is 0 Å². The zero-order valence-corrected chi connectivity index (χ0v) is 14.5. The Morgan fingerprint density at radius 2 is 1.67 bits per heavy atom. The molecule has 3 rings (SSSR count). The summed E-state index contributed by atoms with van der Waals surface area (Å²) in [6, 6.07) is 16.4. The fraction of sp³-hybridized carbons (Fsp3) is 0.0952. The Labute approximate surface area is 156 Å². The minimum atomic E-state index is -0.311. The average Bonchev–Trinajstić information content (AvgIpc) is 2.69. The molecular formula is C21H18FN3O2. The van der Waals surface area contributed by atoms with Crippen molar-refractivity contribution < 1.29 is 14.0 Å². The van der Waals surface area contributed by atoms with Crippen LogP contribution in [0.15, 0.2) is 73.1 Å². The van der Waals surface area contributed by atoms with Crippen LogP contribution in [0.1, 0.15) is 22.3 Å². The van der Waals surface area contributed by atoms with Crippen LogP contribution in [0, 0.1) is 5.82 Å². The third-order valence-corrected chi connectivity index (χ3v) is 3.93. The lowest BCUT2D eigenvalue weighted by atomic mass is 10.1. The second-order valence-corrected chi connectivity index (χ2v) is 5.91. The number of halogens is 1. The first-order chi connectivity index (χ1) is 13.1. The Hall–Kier alpha value is -3.54. The van der Waals surface area contributed by atoms with Gasteiger partial charge in [-0.3, -0.25) is 14.6 Å². The number of amides is 2. The van der Waals surface area contributed by atoms with Crippen LogP contribution >= 0.6 is 0 Å². The number of aryl methyl sites for hydroxylation is 1.